The summed E-state index contributed by atoms with van der Waals surface area (Å²) < 4.78 is 5.67. The first-order valence-electron chi connectivity index (χ1n) is 6.13. The largest absolute Gasteiger partial charge is 0.377 e. The van der Waals surface area contributed by atoms with Crippen LogP contribution in [0.4, 0.5) is 0 Å². The minimum absolute atomic E-state index is 0.364. The van der Waals surface area contributed by atoms with Gasteiger partial charge in [-0.15, -0.1) is 0 Å². The third-order valence-corrected chi connectivity index (χ3v) is 2.26. The Morgan fingerprint density at radius 2 is 1.86 bits per heavy atom. The summed E-state index contributed by atoms with van der Waals surface area (Å²) in [7, 11) is 0. The summed E-state index contributed by atoms with van der Waals surface area (Å²) in [5.74, 6) is 0. The average molecular weight is 201 g/mol. The zero-order valence-electron chi connectivity index (χ0n) is 10.1. The van der Waals surface area contributed by atoms with Crippen LogP contribution in [0, 0.1) is 0 Å². The minimum Gasteiger partial charge on any atom is -0.377 e. The lowest BCUT2D eigenvalue weighted by molar-refractivity contribution is 0.0632. The highest BCUT2D eigenvalue weighted by molar-refractivity contribution is 4.54. The Balaban J connectivity index is 3.06. The van der Waals surface area contributed by atoms with E-state index in [1.165, 1.54) is 32.1 Å². The Morgan fingerprint density at radius 1 is 1.07 bits per heavy atom. The topological polar surface area (TPSA) is 21.3 Å². The van der Waals surface area contributed by atoms with E-state index in [9.17, 15) is 0 Å². The molecule has 86 valence electrons. The quantitative estimate of drug-likeness (QED) is 0.549. The van der Waals surface area contributed by atoms with E-state index in [2.05, 4.69) is 26.1 Å². The van der Waals surface area contributed by atoms with Gasteiger partial charge in [-0.3, -0.25) is 0 Å². The molecule has 0 fully saturated rings. The number of ether oxygens (including phenoxy) is 1. The number of hydrogen-bond donors (Lipinski definition) is 1. The first kappa shape index (κ1) is 13.9. The van der Waals surface area contributed by atoms with Crippen LogP contribution in [-0.4, -0.2) is 25.8 Å². The van der Waals surface area contributed by atoms with Crippen molar-refractivity contribution in [1.29, 1.82) is 0 Å². The lowest BCUT2D eigenvalue weighted by Gasteiger charge is -2.13. The molecule has 2 nitrogen and oxygen atoms in total. The average Bonchev–Trinajstić information content (AvgIpc) is 2.18. The van der Waals surface area contributed by atoms with Gasteiger partial charge < -0.3 is 10.1 Å². The molecule has 0 aliphatic carbocycles. The summed E-state index contributed by atoms with van der Waals surface area (Å²) in [5, 5.41) is 3.36. The molecule has 0 rings (SSSR count). The Hall–Kier alpha value is -0.0800. The third-order valence-electron chi connectivity index (χ3n) is 2.26. The minimum atomic E-state index is 0.364. The molecule has 1 N–H and O–H groups in total. The molecule has 1 unspecified atom stereocenters. The van der Waals surface area contributed by atoms with Crippen molar-refractivity contribution in [2.75, 3.05) is 19.7 Å². The first-order valence-corrected chi connectivity index (χ1v) is 6.13. The van der Waals surface area contributed by atoms with Gasteiger partial charge in [0, 0.05) is 13.2 Å². The summed E-state index contributed by atoms with van der Waals surface area (Å²) in [6.45, 7) is 9.57. The fourth-order valence-corrected chi connectivity index (χ4v) is 1.35. The molecule has 0 saturated heterocycles. The number of hydrogen-bond acceptors (Lipinski definition) is 2. The second-order valence-electron chi connectivity index (χ2n) is 3.95. The van der Waals surface area contributed by atoms with Crippen molar-refractivity contribution in [3.05, 3.63) is 0 Å². The normalized spacial score (nSPS) is 13.1. The van der Waals surface area contributed by atoms with Crippen molar-refractivity contribution in [1.82, 2.24) is 5.32 Å². The molecule has 0 aliphatic heterocycles. The molecule has 0 spiro atoms. The Bertz CT molecular complexity index is 106. The van der Waals surface area contributed by atoms with Crippen LogP contribution in [0.25, 0.3) is 0 Å². The highest BCUT2D eigenvalue weighted by atomic mass is 16.5. The van der Waals surface area contributed by atoms with Crippen molar-refractivity contribution in [3.8, 4) is 0 Å². The fraction of sp³-hybridized carbons (Fsp3) is 1.00. The summed E-state index contributed by atoms with van der Waals surface area (Å²) in [4.78, 5) is 0. The molecule has 2 heteroatoms. The standard InChI is InChI=1S/C12H27NO/c1-4-6-7-8-10-14-12(3)11-13-9-5-2/h12-13H,4-11H2,1-3H3. The predicted molar refractivity (Wildman–Crippen MR) is 62.7 cm³/mol. The van der Waals surface area contributed by atoms with Gasteiger partial charge in [0.2, 0.25) is 0 Å². The zero-order valence-corrected chi connectivity index (χ0v) is 10.1. The maximum absolute atomic E-state index is 5.67. The Kier molecular flexibility index (Phi) is 10.9. The fourth-order valence-electron chi connectivity index (χ4n) is 1.35. The van der Waals surface area contributed by atoms with Gasteiger partial charge in [-0.25, -0.2) is 0 Å². The molecule has 0 aromatic heterocycles. The Labute approximate surface area is 89.4 Å². The lowest BCUT2D eigenvalue weighted by Crippen LogP contribution is -2.27. The predicted octanol–water partition coefficient (Wildman–Crippen LogP) is 2.97. The van der Waals surface area contributed by atoms with Crippen LogP contribution in [0.1, 0.15) is 52.9 Å². The van der Waals surface area contributed by atoms with E-state index in [-0.39, 0.29) is 0 Å². The molecule has 0 amide bonds. The van der Waals surface area contributed by atoms with E-state index in [4.69, 9.17) is 4.74 Å². The molecule has 1 atom stereocenters. The van der Waals surface area contributed by atoms with Crippen molar-refractivity contribution in [2.24, 2.45) is 0 Å². The van der Waals surface area contributed by atoms with E-state index >= 15 is 0 Å². The van der Waals surface area contributed by atoms with Crippen LogP contribution < -0.4 is 5.32 Å². The van der Waals surface area contributed by atoms with Crippen LogP contribution in [0.15, 0.2) is 0 Å². The molecule has 14 heavy (non-hydrogen) atoms. The number of nitrogens with one attached hydrogen (secondary N) is 1. The first-order chi connectivity index (χ1) is 6.81. The molecule has 0 aromatic carbocycles. The molecule has 0 bridgehead atoms. The lowest BCUT2D eigenvalue weighted by atomic mass is 10.2. The SMILES string of the molecule is CCCCCCOC(C)CNCCC. The van der Waals surface area contributed by atoms with Crippen molar-refractivity contribution in [3.63, 3.8) is 0 Å². The van der Waals surface area contributed by atoms with Crippen LogP contribution in [0.5, 0.6) is 0 Å². The van der Waals surface area contributed by atoms with Gasteiger partial charge >= 0.3 is 0 Å². The van der Waals surface area contributed by atoms with E-state index in [1.807, 2.05) is 0 Å². The van der Waals surface area contributed by atoms with Crippen molar-refractivity contribution < 1.29 is 4.74 Å². The highest BCUT2D eigenvalue weighted by Crippen LogP contribution is 2.00. The molecule has 0 aliphatic rings. The molecular weight excluding hydrogens is 174 g/mol. The van der Waals surface area contributed by atoms with Crippen LogP contribution in [0.2, 0.25) is 0 Å². The van der Waals surface area contributed by atoms with Crippen molar-refractivity contribution in [2.45, 2.75) is 59.0 Å². The molecule has 0 aromatic rings. The van der Waals surface area contributed by atoms with Gasteiger partial charge in [0.05, 0.1) is 6.10 Å². The maximum Gasteiger partial charge on any atom is 0.0671 e. The number of rotatable bonds is 10. The monoisotopic (exact) mass is 201 g/mol. The molecule has 0 radical (unpaired) electrons. The Morgan fingerprint density at radius 3 is 2.50 bits per heavy atom. The van der Waals surface area contributed by atoms with E-state index in [0.717, 1.165) is 19.7 Å². The maximum atomic E-state index is 5.67. The second kappa shape index (κ2) is 11.0. The second-order valence-corrected chi connectivity index (χ2v) is 3.95. The van der Waals surface area contributed by atoms with Gasteiger partial charge in [-0.2, -0.15) is 0 Å². The molecule has 0 saturated carbocycles. The summed E-state index contributed by atoms with van der Waals surface area (Å²) in [6, 6.07) is 0. The van der Waals surface area contributed by atoms with Gasteiger partial charge in [0.25, 0.3) is 0 Å². The zero-order chi connectivity index (χ0) is 10.6. The van der Waals surface area contributed by atoms with Gasteiger partial charge in [-0.1, -0.05) is 33.1 Å². The van der Waals surface area contributed by atoms with E-state index < -0.39 is 0 Å². The van der Waals surface area contributed by atoms with Gasteiger partial charge in [0.15, 0.2) is 0 Å². The summed E-state index contributed by atoms with van der Waals surface area (Å²) >= 11 is 0. The molecule has 0 heterocycles. The highest BCUT2D eigenvalue weighted by Gasteiger charge is 1.99. The van der Waals surface area contributed by atoms with Gasteiger partial charge in [0.1, 0.15) is 0 Å². The summed E-state index contributed by atoms with van der Waals surface area (Å²) in [6.07, 6.45) is 6.73. The van der Waals surface area contributed by atoms with Crippen LogP contribution >= 0.6 is 0 Å². The van der Waals surface area contributed by atoms with Crippen LogP contribution in [0.3, 0.4) is 0 Å². The third kappa shape index (κ3) is 10.0. The van der Waals surface area contributed by atoms with Crippen LogP contribution in [-0.2, 0) is 4.74 Å². The molecular formula is C12H27NO. The summed E-state index contributed by atoms with van der Waals surface area (Å²) in [5.41, 5.74) is 0. The van der Waals surface area contributed by atoms with E-state index in [0.29, 0.717) is 6.10 Å². The van der Waals surface area contributed by atoms with Crippen molar-refractivity contribution >= 4 is 0 Å². The smallest absolute Gasteiger partial charge is 0.0671 e. The van der Waals surface area contributed by atoms with Gasteiger partial charge in [-0.05, 0) is 26.3 Å². The number of unbranched alkanes of at least 4 members (excludes halogenated alkanes) is 3. The van der Waals surface area contributed by atoms with E-state index in [1.54, 1.807) is 0 Å².